The van der Waals surface area contributed by atoms with Gasteiger partial charge in [0.2, 0.25) is 11.8 Å². The minimum atomic E-state index is -0.293. The van der Waals surface area contributed by atoms with E-state index in [1.807, 2.05) is 25.1 Å². The van der Waals surface area contributed by atoms with Crippen molar-refractivity contribution in [1.29, 1.82) is 0 Å². The van der Waals surface area contributed by atoms with E-state index in [1.54, 1.807) is 41.0 Å². The van der Waals surface area contributed by atoms with Crippen molar-refractivity contribution in [2.45, 2.75) is 25.2 Å². The molecule has 1 heterocycles. The number of nitrogens with one attached hydrogen (secondary N) is 2. The van der Waals surface area contributed by atoms with E-state index in [2.05, 4.69) is 27.4 Å². The number of benzene rings is 2. The summed E-state index contributed by atoms with van der Waals surface area (Å²) in [6.45, 7) is 6.21. The summed E-state index contributed by atoms with van der Waals surface area (Å²) in [7, 11) is 0. The normalized spacial score (nSPS) is 10.9. The van der Waals surface area contributed by atoms with Gasteiger partial charge in [-0.3, -0.25) is 9.59 Å². The molecule has 0 radical (unpaired) electrons. The second-order valence-corrected chi connectivity index (χ2v) is 8.88. The Balaban J connectivity index is 1.58. The molecule has 0 bridgehead atoms. The maximum absolute atomic E-state index is 12.4. The lowest BCUT2D eigenvalue weighted by Crippen LogP contribution is -2.23. The van der Waals surface area contributed by atoms with E-state index < -0.39 is 0 Å². The Morgan fingerprint density at radius 1 is 1.12 bits per heavy atom. The summed E-state index contributed by atoms with van der Waals surface area (Å²) in [6, 6.07) is 12.6. The van der Waals surface area contributed by atoms with Gasteiger partial charge in [0, 0.05) is 28.4 Å². The average Bonchev–Trinajstić information content (AvgIpc) is 3.20. The largest absolute Gasteiger partial charge is 0.345 e. The summed E-state index contributed by atoms with van der Waals surface area (Å²) in [6.07, 6.45) is 4.76. The lowest BCUT2D eigenvalue weighted by molar-refractivity contribution is -0.116. The Morgan fingerprint density at radius 3 is 2.65 bits per heavy atom. The van der Waals surface area contributed by atoms with Gasteiger partial charge in [0.1, 0.15) is 0 Å². The van der Waals surface area contributed by atoms with Gasteiger partial charge in [-0.05, 0) is 42.3 Å². The van der Waals surface area contributed by atoms with Crippen LogP contribution in [-0.4, -0.2) is 32.3 Å². The summed E-state index contributed by atoms with van der Waals surface area (Å²) in [5.74, 6) is 0.198. The molecular weight excluding hydrogens is 493 g/mol. The quantitative estimate of drug-likeness (QED) is 0.221. The maximum Gasteiger partial charge on any atom is 0.244 e. The van der Waals surface area contributed by atoms with Crippen LogP contribution in [0.15, 0.2) is 66.4 Å². The number of amides is 2. The zero-order valence-electron chi connectivity index (χ0n) is 18.4. The summed E-state index contributed by atoms with van der Waals surface area (Å²) >= 11 is 13.5. The number of nitrogens with zero attached hydrogens (tertiary/aromatic N) is 3. The molecule has 2 aromatic carbocycles. The molecule has 10 heteroatoms. The lowest BCUT2D eigenvalue weighted by Gasteiger charge is -2.10. The zero-order valence-corrected chi connectivity index (χ0v) is 20.8. The monoisotopic (exact) mass is 515 g/mol. The Kier molecular flexibility index (Phi) is 9.33. The molecule has 176 valence electrons. The summed E-state index contributed by atoms with van der Waals surface area (Å²) < 4.78 is 1.80. The van der Waals surface area contributed by atoms with Crippen LogP contribution < -0.4 is 10.6 Å². The van der Waals surface area contributed by atoms with Crippen LogP contribution in [0.5, 0.6) is 0 Å². The first-order valence-corrected chi connectivity index (χ1v) is 12.0. The van der Waals surface area contributed by atoms with Gasteiger partial charge in [-0.2, -0.15) is 0 Å². The first-order valence-electron chi connectivity index (χ1n) is 10.3. The van der Waals surface area contributed by atoms with Gasteiger partial charge in [-0.1, -0.05) is 65.3 Å². The molecular formula is C24H23Cl2N5O2S. The van der Waals surface area contributed by atoms with E-state index in [9.17, 15) is 9.59 Å². The Bertz CT molecular complexity index is 1230. The number of hydrogen-bond donors (Lipinski definition) is 2. The molecule has 0 spiro atoms. The molecule has 0 saturated carbocycles. The highest BCUT2D eigenvalue weighted by molar-refractivity contribution is 7.99. The number of halogens is 2. The predicted molar refractivity (Wildman–Crippen MR) is 138 cm³/mol. The third kappa shape index (κ3) is 6.96. The molecule has 2 N–H and O–H groups in total. The van der Waals surface area contributed by atoms with Crippen molar-refractivity contribution in [3.63, 3.8) is 0 Å². The molecule has 0 fully saturated rings. The summed E-state index contributed by atoms with van der Waals surface area (Å²) in [5, 5.41) is 15.7. The van der Waals surface area contributed by atoms with Gasteiger partial charge >= 0.3 is 0 Å². The Labute approximate surface area is 212 Å². The Hall–Kier alpha value is -3.07. The fourth-order valence-electron chi connectivity index (χ4n) is 2.93. The third-order valence-corrected chi connectivity index (χ3v) is 6.44. The number of allylic oxidation sites excluding steroid dienone is 1. The van der Waals surface area contributed by atoms with Crippen molar-refractivity contribution in [2.75, 3.05) is 11.1 Å². The van der Waals surface area contributed by atoms with Crippen LogP contribution in [0.4, 0.5) is 5.69 Å². The minimum absolute atomic E-state index is 0.133. The van der Waals surface area contributed by atoms with E-state index in [1.165, 1.54) is 17.8 Å². The molecule has 3 rings (SSSR count). The van der Waals surface area contributed by atoms with E-state index in [0.717, 1.165) is 11.1 Å². The van der Waals surface area contributed by atoms with Gasteiger partial charge in [0.25, 0.3) is 0 Å². The molecule has 0 atom stereocenters. The van der Waals surface area contributed by atoms with E-state index >= 15 is 0 Å². The highest BCUT2D eigenvalue weighted by Crippen LogP contribution is 2.24. The van der Waals surface area contributed by atoms with Crippen molar-refractivity contribution in [2.24, 2.45) is 0 Å². The molecule has 3 aromatic rings. The number of carbonyl (C=O) groups excluding carboxylic acids is 2. The highest BCUT2D eigenvalue weighted by atomic mass is 35.5. The van der Waals surface area contributed by atoms with Crippen molar-refractivity contribution >= 4 is 58.5 Å². The fourth-order valence-corrected chi connectivity index (χ4v) is 4.07. The van der Waals surface area contributed by atoms with Crippen LogP contribution in [0.1, 0.15) is 17.0 Å². The summed E-state index contributed by atoms with van der Waals surface area (Å²) in [5.41, 5.74) is 2.22. The van der Waals surface area contributed by atoms with Gasteiger partial charge in [-0.15, -0.1) is 16.8 Å². The number of thioether (sulfide) groups is 1. The van der Waals surface area contributed by atoms with E-state index in [4.69, 9.17) is 23.2 Å². The number of rotatable bonds is 10. The molecule has 0 aliphatic heterocycles. The zero-order chi connectivity index (χ0) is 24.5. The third-order valence-electron chi connectivity index (χ3n) is 4.72. The van der Waals surface area contributed by atoms with Gasteiger partial charge in [0.15, 0.2) is 11.0 Å². The van der Waals surface area contributed by atoms with Gasteiger partial charge in [0.05, 0.1) is 12.3 Å². The molecule has 0 unspecified atom stereocenters. The second-order valence-electron chi connectivity index (χ2n) is 7.12. The molecule has 7 nitrogen and oxygen atoms in total. The van der Waals surface area contributed by atoms with Crippen molar-refractivity contribution in [1.82, 2.24) is 20.1 Å². The van der Waals surface area contributed by atoms with Crippen LogP contribution in [0.25, 0.3) is 6.08 Å². The molecule has 2 amide bonds. The SMILES string of the molecule is C=CCn1c(CNC(=O)C=Cc2ccccc2Cl)nnc1SCC(=O)Nc1cccc(Cl)c1C. The van der Waals surface area contributed by atoms with Gasteiger partial charge in [-0.25, -0.2) is 0 Å². The van der Waals surface area contributed by atoms with Crippen molar-refractivity contribution in [3.05, 3.63) is 88.2 Å². The van der Waals surface area contributed by atoms with E-state index in [-0.39, 0.29) is 24.1 Å². The number of anilines is 1. The van der Waals surface area contributed by atoms with Crippen LogP contribution in [0.2, 0.25) is 10.0 Å². The van der Waals surface area contributed by atoms with Crippen molar-refractivity contribution in [3.8, 4) is 0 Å². The fraction of sp³-hybridized carbons (Fsp3) is 0.167. The molecule has 0 aliphatic carbocycles. The Morgan fingerprint density at radius 2 is 1.88 bits per heavy atom. The first-order chi connectivity index (χ1) is 16.4. The highest BCUT2D eigenvalue weighted by Gasteiger charge is 2.15. The average molecular weight is 516 g/mol. The topological polar surface area (TPSA) is 88.9 Å². The minimum Gasteiger partial charge on any atom is -0.345 e. The summed E-state index contributed by atoms with van der Waals surface area (Å²) in [4.78, 5) is 24.7. The smallest absolute Gasteiger partial charge is 0.244 e. The maximum atomic E-state index is 12.4. The van der Waals surface area contributed by atoms with Crippen LogP contribution in [0.3, 0.4) is 0 Å². The van der Waals surface area contributed by atoms with Crippen LogP contribution in [-0.2, 0) is 22.7 Å². The number of hydrogen-bond acceptors (Lipinski definition) is 5. The van der Waals surface area contributed by atoms with Crippen LogP contribution >= 0.6 is 35.0 Å². The molecule has 0 aliphatic rings. The standard InChI is InChI=1S/C24H23Cl2N5O2S/c1-3-13-31-21(14-27-22(32)12-11-17-7-4-5-8-19(17)26)29-30-24(31)34-15-23(33)28-20-10-6-9-18(25)16(20)2/h3-12H,1,13-15H2,2H3,(H,27,32)(H,28,33). The lowest BCUT2D eigenvalue weighted by atomic mass is 10.2. The first kappa shape index (κ1) is 25.6. The van der Waals surface area contributed by atoms with Crippen LogP contribution in [0, 0.1) is 6.92 Å². The number of aromatic nitrogens is 3. The predicted octanol–water partition coefficient (Wildman–Crippen LogP) is 5.14. The van der Waals surface area contributed by atoms with Crippen molar-refractivity contribution < 1.29 is 9.59 Å². The molecule has 34 heavy (non-hydrogen) atoms. The second kappa shape index (κ2) is 12.4. The van der Waals surface area contributed by atoms with Gasteiger partial charge < -0.3 is 15.2 Å². The number of carbonyl (C=O) groups is 2. The van der Waals surface area contributed by atoms with E-state index in [0.29, 0.717) is 33.3 Å². The molecule has 0 saturated heterocycles. The molecule has 1 aromatic heterocycles.